The molecule has 3 rings (SSSR count). The molecule has 120 valence electrons. The Labute approximate surface area is 134 Å². The second-order valence-corrected chi connectivity index (χ2v) is 7.58. The molecule has 0 bridgehead atoms. The molecule has 1 N–H and O–H groups in total. The highest BCUT2D eigenvalue weighted by Crippen LogP contribution is 2.39. The molecular weight excluding hydrogens is 316 g/mol. The Kier molecular flexibility index (Phi) is 3.60. The topological polar surface area (TPSA) is 87.6 Å². The van der Waals surface area contributed by atoms with Gasteiger partial charge in [-0.3, -0.25) is 9.29 Å². The summed E-state index contributed by atoms with van der Waals surface area (Å²) in [5, 5.41) is 9.10. The van der Waals surface area contributed by atoms with E-state index in [0.29, 0.717) is 5.69 Å². The number of carbonyl (C=O) groups is 1. The van der Waals surface area contributed by atoms with Crippen LogP contribution in [0.1, 0.15) is 34.3 Å². The number of aryl methyl sites for hydroxylation is 1. The van der Waals surface area contributed by atoms with Crippen molar-refractivity contribution in [2.24, 2.45) is 0 Å². The Morgan fingerprint density at radius 1 is 1.30 bits per heavy atom. The number of benzene rings is 1. The summed E-state index contributed by atoms with van der Waals surface area (Å²) in [6, 6.07) is 6.11. The number of fused-ring (bicyclic) bond motifs is 1. The molecule has 1 unspecified atom stereocenters. The summed E-state index contributed by atoms with van der Waals surface area (Å²) in [5.41, 5.74) is 2.19. The molecule has 7 heteroatoms. The van der Waals surface area contributed by atoms with Crippen molar-refractivity contribution >= 4 is 21.7 Å². The molecule has 0 fully saturated rings. The first-order valence-electron chi connectivity index (χ1n) is 7.12. The van der Waals surface area contributed by atoms with E-state index in [4.69, 9.17) is 5.11 Å². The van der Waals surface area contributed by atoms with Gasteiger partial charge in [-0.05, 0) is 42.3 Å². The number of rotatable bonds is 3. The summed E-state index contributed by atoms with van der Waals surface area (Å²) in [5.74, 6) is -1.10. The maximum Gasteiger partial charge on any atom is 0.335 e. The number of nitrogens with zero attached hydrogens (tertiary/aromatic N) is 2. The van der Waals surface area contributed by atoms with Gasteiger partial charge < -0.3 is 5.11 Å². The van der Waals surface area contributed by atoms with Gasteiger partial charge in [-0.15, -0.1) is 0 Å². The van der Waals surface area contributed by atoms with E-state index in [-0.39, 0.29) is 22.9 Å². The Bertz CT molecular complexity index is 893. The van der Waals surface area contributed by atoms with Gasteiger partial charge in [0.25, 0.3) is 10.0 Å². The lowest BCUT2D eigenvalue weighted by Gasteiger charge is -2.20. The molecule has 1 aliphatic rings. The van der Waals surface area contributed by atoms with Gasteiger partial charge >= 0.3 is 5.97 Å². The van der Waals surface area contributed by atoms with Crippen molar-refractivity contribution in [3.05, 3.63) is 53.3 Å². The maximum absolute atomic E-state index is 12.9. The van der Waals surface area contributed by atoms with Crippen LogP contribution in [0, 0.1) is 6.92 Å². The zero-order valence-electron chi connectivity index (χ0n) is 12.7. The predicted molar refractivity (Wildman–Crippen MR) is 85.3 cm³/mol. The molecule has 0 radical (unpaired) electrons. The Balaban J connectivity index is 2.09. The van der Waals surface area contributed by atoms with Crippen LogP contribution in [0.15, 0.2) is 41.6 Å². The second kappa shape index (κ2) is 5.34. The van der Waals surface area contributed by atoms with Crippen molar-refractivity contribution in [2.45, 2.75) is 24.7 Å². The second-order valence-electron chi connectivity index (χ2n) is 5.71. The SMILES string of the molecule is Cc1cncc(S(=O)(=O)N2CC(C)c3cc(C(=O)O)ccc32)c1. The van der Waals surface area contributed by atoms with E-state index < -0.39 is 16.0 Å². The number of carboxylic acid groups (broad SMARTS) is 1. The van der Waals surface area contributed by atoms with E-state index in [2.05, 4.69) is 4.98 Å². The first-order valence-corrected chi connectivity index (χ1v) is 8.56. The molecular formula is C16H16N2O4S. The van der Waals surface area contributed by atoms with E-state index in [0.717, 1.165) is 11.1 Å². The molecule has 0 aliphatic carbocycles. The first kappa shape index (κ1) is 15.5. The molecule has 23 heavy (non-hydrogen) atoms. The highest BCUT2D eigenvalue weighted by atomic mass is 32.2. The molecule has 2 aromatic rings. The number of aromatic carboxylic acids is 1. The number of pyridine rings is 1. The fraction of sp³-hybridized carbons (Fsp3) is 0.250. The lowest BCUT2D eigenvalue weighted by Crippen LogP contribution is -2.29. The monoisotopic (exact) mass is 332 g/mol. The lowest BCUT2D eigenvalue weighted by atomic mass is 10.0. The van der Waals surface area contributed by atoms with Crippen LogP contribution in [0.2, 0.25) is 0 Å². The molecule has 1 aromatic heterocycles. The lowest BCUT2D eigenvalue weighted by molar-refractivity contribution is 0.0697. The van der Waals surface area contributed by atoms with Gasteiger partial charge in [0.15, 0.2) is 0 Å². The van der Waals surface area contributed by atoms with Gasteiger partial charge in [-0.2, -0.15) is 0 Å². The predicted octanol–water partition coefficient (Wildman–Crippen LogP) is 2.40. The molecule has 0 spiro atoms. The third-order valence-electron chi connectivity index (χ3n) is 3.95. The number of sulfonamides is 1. The van der Waals surface area contributed by atoms with Crippen molar-refractivity contribution in [1.29, 1.82) is 0 Å². The van der Waals surface area contributed by atoms with Gasteiger partial charge in [-0.1, -0.05) is 6.92 Å². The number of carboxylic acids is 1. The van der Waals surface area contributed by atoms with Crippen LogP contribution >= 0.6 is 0 Å². The van der Waals surface area contributed by atoms with Gasteiger partial charge in [0.2, 0.25) is 0 Å². The molecule has 2 heterocycles. The minimum atomic E-state index is -3.72. The number of anilines is 1. The van der Waals surface area contributed by atoms with Crippen molar-refractivity contribution < 1.29 is 18.3 Å². The highest BCUT2D eigenvalue weighted by molar-refractivity contribution is 7.92. The quantitative estimate of drug-likeness (QED) is 0.932. The summed E-state index contributed by atoms with van der Waals surface area (Å²) in [4.78, 5) is 15.2. The number of hydrogen-bond donors (Lipinski definition) is 1. The fourth-order valence-corrected chi connectivity index (χ4v) is 4.41. The number of hydrogen-bond acceptors (Lipinski definition) is 4. The Hall–Kier alpha value is -2.41. The zero-order chi connectivity index (χ0) is 16.8. The number of aromatic nitrogens is 1. The van der Waals surface area contributed by atoms with Crippen LogP contribution < -0.4 is 4.31 Å². The van der Waals surface area contributed by atoms with Crippen molar-refractivity contribution in [1.82, 2.24) is 4.98 Å². The van der Waals surface area contributed by atoms with Gasteiger partial charge in [0, 0.05) is 24.9 Å². The van der Waals surface area contributed by atoms with Crippen molar-refractivity contribution in [2.75, 3.05) is 10.8 Å². The third kappa shape index (κ3) is 2.57. The van der Waals surface area contributed by atoms with E-state index in [1.165, 1.54) is 16.6 Å². The van der Waals surface area contributed by atoms with E-state index in [1.807, 2.05) is 6.92 Å². The smallest absolute Gasteiger partial charge is 0.335 e. The Morgan fingerprint density at radius 2 is 2.04 bits per heavy atom. The third-order valence-corrected chi connectivity index (χ3v) is 5.70. The fourth-order valence-electron chi connectivity index (χ4n) is 2.78. The molecule has 0 saturated carbocycles. The van der Waals surface area contributed by atoms with Crippen LogP contribution in [0.25, 0.3) is 0 Å². The van der Waals surface area contributed by atoms with Crippen LogP contribution in [0.4, 0.5) is 5.69 Å². The molecule has 1 atom stereocenters. The summed E-state index contributed by atoms with van der Waals surface area (Å²) in [6.45, 7) is 3.95. The average Bonchev–Trinajstić information content (AvgIpc) is 2.84. The molecule has 1 aromatic carbocycles. The maximum atomic E-state index is 12.9. The van der Waals surface area contributed by atoms with Crippen LogP contribution in [-0.2, 0) is 10.0 Å². The normalized spacial score (nSPS) is 17.1. The van der Waals surface area contributed by atoms with E-state index in [9.17, 15) is 13.2 Å². The summed E-state index contributed by atoms with van der Waals surface area (Å²) in [7, 11) is -3.72. The van der Waals surface area contributed by atoms with Crippen LogP contribution in [-0.4, -0.2) is 31.0 Å². The molecule has 0 saturated heterocycles. The average molecular weight is 332 g/mol. The van der Waals surface area contributed by atoms with Crippen LogP contribution in [0.3, 0.4) is 0 Å². The van der Waals surface area contributed by atoms with Crippen molar-refractivity contribution in [3.63, 3.8) is 0 Å². The first-order chi connectivity index (χ1) is 10.8. The standard InChI is InChI=1S/C16H16N2O4S/c1-10-5-13(8-17-7-10)23(21,22)18-9-11(2)14-6-12(16(19)20)3-4-15(14)18/h3-8,11H,9H2,1-2H3,(H,19,20). The summed E-state index contributed by atoms with van der Waals surface area (Å²) >= 11 is 0. The largest absolute Gasteiger partial charge is 0.478 e. The molecule has 0 amide bonds. The minimum absolute atomic E-state index is 0.0724. The van der Waals surface area contributed by atoms with Gasteiger partial charge in [0.05, 0.1) is 11.3 Å². The van der Waals surface area contributed by atoms with Crippen LogP contribution in [0.5, 0.6) is 0 Å². The summed E-state index contributed by atoms with van der Waals surface area (Å²) < 4.78 is 27.1. The molecule has 1 aliphatic heterocycles. The summed E-state index contributed by atoms with van der Waals surface area (Å²) in [6.07, 6.45) is 2.93. The van der Waals surface area contributed by atoms with Crippen molar-refractivity contribution in [3.8, 4) is 0 Å². The molecule has 6 nitrogen and oxygen atoms in total. The van der Waals surface area contributed by atoms with E-state index >= 15 is 0 Å². The Morgan fingerprint density at radius 3 is 2.70 bits per heavy atom. The highest BCUT2D eigenvalue weighted by Gasteiger charge is 2.35. The van der Waals surface area contributed by atoms with Gasteiger partial charge in [-0.25, -0.2) is 13.2 Å². The van der Waals surface area contributed by atoms with E-state index in [1.54, 1.807) is 31.3 Å². The zero-order valence-corrected chi connectivity index (χ0v) is 13.5. The van der Waals surface area contributed by atoms with Gasteiger partial charge in [0.1, 0.15) is 4.90 Å². The minimum Gasteiger partial charge on any atom is -0.478 e.